The van der Waals surface area contributed by atoms with Crippen molar-refractivity contribution < 1.29 is 8.42 Å². The van der Waals surface area contributed by atoms with Crippen molar-refractivity contribution in [1.29, 1.82) is 0 Å². The molecule has 1 fully saturated rings. The van der Waals surface area contributed by atoms with Crippen LogP contribution >= 0.6 is 0 Å². The molecule has 2 aromatic rings. The molecule has 2 aliphatic rings. The van der Waals surface area contributed by atoms with Gasteiger partial charge in [-0.05, 0) is 43.4 Å². The van der Waals surface area contributed by atoms with Crippen molar-refractivity contribution in [2.75, 3.05) is 31.1 Å². The van der Waals surface area contributed by atoms with Gasteiger partial charge in [-0.3, -0.25) is 9.58 Å². The van der Waals surface area contributed by atoms with Crippen molar-refractivity contribution in [3.63, 3.8) is 0 Å². The standard InChI is InChI=1S/C21H27N3O2S/c25-27(26)14-10-21(17-27)24-16-20(15-22-24)19-8-12-23(13-9-19)11-4-7-18-5-2-1-3-6-18/h1-3,5-6,8,15-16,21H,4,7,9-14,17H2/t21-/m0/s1. The molecule has 4 rings (SSSR count). The Morgan fingerprint density at radius 3 is 2.74 bits per heavy atom. The van der Waals surface area contributed by atoms with E-state index in [0.29, 0.717) is 6.42 Å². The number of benzene rings is 1. The lowest BCUT2D eigenvalue weighted by molar-refractivity contribution is 0.298. The first-order valence-corrected chi connectivity index (χ1v) is 11.6. The lowest BCUT2D eigenvalue weighted by atomic mass is 10.0. The molecule has 0 bridgehead atoms. The first-order valence-electron chi connectivity index (χ1n) is 9.79. The molecule has 3 heterocycles. The smallest absolute Gasteiger partial charge is 0.152 e. The summed E-state index contributed by atoms with van der Waals surface area (Å²) in [5.41, 5.74) is 3.89. The molecule has 1 atom stereocenters. The molecule has 0 spiro atoms. The van der Waals surface area contributed by atoms with E-state index in [4.69, 9.17) is 0 Å². The zero-order valence-corrected chi connectivity index (χ0v) is 16.4. The summed E-state index contributed by atoms with van der Waals surface area (Å²) in [6.07, 6.45) is 10.2. The second kappa shape index (κ2) is 7.98. The Labute approximate surface area is 161 Å². The van der Waals surface area contributed by atoms with E-state index in [9.17, 15) is 8.42 Å². The topological polar surface area (TPSA) is 55.2 Å². The van der Waals surface area contributed by atoms with Crippen LogP contribution in [-0.2, 0) is 16.3 Å². The van der Waals surface area contributed by atoms with Gasteiger partial charge in [-0.15, -0.1) is 0 Å². The highest BCUT2D eigenvalue weighted by Gasteiger charge is 2.29. The Hall–Kier alpha value is -1.92. The minimum atomic E-state index is -2.88. The maximum atomic E-state index is 11.7. The van der Waals surface area contributed by atoms with Crippen molar-refractivity contribution >= 4 is 15.4 Å². The summed E-state index contributed by atoms with van der Waals surface area (Å²) in [5.74, 6) is 0.510. The summed E-state index contributed by atoms with van der Waals surface area (Å²) in [4.78, 5) is 2.50. The third kappa shape index (κ3) is 4.68. The fourth-order valence-electron chi connectivity index (χ4n) is 4.02. The summed E-state index contributed by atoms with van der Waals surface area (Å²) in [6.45, 7) is 3.18. The van der Waals surface area contributed by atoms with Gasteiger partial charge in [0.1, 0.15) is 0 Å². The molecular weight excluding hydrogens is 358 g/mol. The lowest BCUT2D eigenvalue weighted by Crippen LogP contribution is -2.29. The number of nitrogens with zero attached hydrogens (tertiary/aromatic N) is 3. The minimum Gasteiger partial charge on any atom is -0.299 e. The average Bonchev–Trinajstić information content (AvgIpc) is 3.30. The highest BCUT2D eigenvalue weighted by molar-refractivity contribution is 7.91. The molecule has 0 saturated carbocycles. The van der Waals surface area contributed by atoms with Gasteiger partial charge in [0.2, 0.25) is 0 Å². The van der Waals surface area contributed by atoms with Gasteiger partial charge < -0.3 is 0 Å². The summed E-state index contributed by atoms with van der Waals surface area (Å²) in [7, 11) is -2.88. The zero-order chi connectivity index (χ0) is 18.7. The van der Waals surface area contributed by atoms with Gasteiger partial charge in [0.15, 0.2) is 9.84 Å². The monoisotopic (exact) mass is 385 g/mol. The summed E-state index contributed by atoms with van der Waals surface area (Å²) in [5, 5.41) is 4.44. The van der Waals surface area contributed by atoms with Crippen LogP contribution in [0.25, 0.3) is 5.57 Å². The Morgan fingerprint density at radius 2 is 2.04 bits per heavy atom. The quantitative estimate of drug-likeness (QED) is 0.767. The largest absolute Gasteiger partial charge is 0.299 e. The highest BCUT2D eigenvalue weighted by Crippen LogP contribution is 2.27. The van der Waals surface area contributed by atoms with Crippen LogP contribution in [0.1, 0.15) is 36.4 Å². The second-order valence-corrected chi connectivity index (χ2v) is 9.86. The zero-order valence-electron chi connectivity index (χ0n) is 15.6. The van der Waals surface area contributed by atoms with Gasteiger partial charge in [-0.2, -0.15) is 5.10 Å². The molecule has 0 unspecified atom stereocenters. The first-order chi connectivity index (χ1) is 13.1. The average molecular weight is 386 g/mol. The Balaban J connectivity index is 1.29. The van der Waals surface area contributed by atoms with Crippen LogP contribution in [-0.4, -0.2) is 54.2 Å². The predicted octanol–water partition coefficient (Wildman–Crippen LogP) is 2.96. The van der Waals surface area contributed by atoms with E-state index in [2.05, 4.69) is 46.4 Å². The van der Waals surface area contributed by atoms with Crippen molar-refractivity contribution in [2.45, 2.75) is 31.7 Å². The number of sulfone groups is 1. The second-order valence-electron chi connectivity index (χ2n) is 7.64. The van der Waals surface area contributed by atoms with E-state index in [1.54, 1.807) is 0 Å². The highest BCUT2D eigenvalue weighted by atomic mass is 32.2. The van der Waals surface area contributed by atoms with Gasteiger partial charge in [0, 0.05) is 24.8 Å². The molecule has 1 saturated heterocycles. The number of aryl methyl sites for hydroxylation is 1. The van der Waals surface area contributed by atoms with E-state index in [0.717, 1.165) is 38.0 Å². The lowest BCUT2D eigenvalue weighted by Gasteiger charge is -2.26. The maximum Gasteiger partial charge on any atom is 0.152 e. The molecule has 144 valence electrons. The van der Waals surface area contributed by atoms with Crippen LogP contribution in [0.2, 0.25) is 0 Å². The van der Waals surface area contributed by atoms with Crippen LogP contribution in [0, 0.1) is 0 Å². The number of hydrogen-bond donors (Lipinski definition) is 0. The van der Waals surface area contributed by atoms with Crippen molar-refractivity contribution in [2.24, 2.45) is 0 Å². The molecule has 0 radical (unpaired) electrons. The third-order valence-electron chi connectivity index (χ3n) is 5.63. The number of hydrogen-bond acceptors (Lipinski definition) is 4. The Morgan fingerprint density at radius 1 is 1.19 bits per heavy atom. The fraction of sp³-hybridized carbons (Fsp3) is 0.476. The molecule has 2 aliphatic heterocycles. The van der Waals surface area contributed by atoms with Crippen LogP contribution < -0.4 is 0 Å². The summed E-state index contributed by atoms with van der Waals surface area (Å²) >= 11 is 0. The SMILES string of the molecule is O=S1(=O)CC[C@H](n2cc(C3=CCN(CCCc4ccccc4)CC3)cn2)C1. The molecule has 5 nitrogen and oxygen atoms in total. The van der Waals surface area contributed by atoms with E-state index >= 15 is 0 Å². The van der Waals surface area contributed by atoms with Crippen molar-refractivity contribution in [3.8, 4) is 0 Å². The molecule has 0 aliphatic carbocycles. The van der Waals surface area contributed by atoms with E-state index in [-0.39, 0.29) is 17.5 Å². The predicted molar refractivity (Wildman–Crippen MR) is 108 cm³/mol. The maximum absolute atomic E-state index is 11.7. The van der Waals surface area contributed by atoms with Crippen LogP contribution in [0.5, 0.6) is 0 Å². The molecule has 6 heteroatoms. The minimum absolute atomic E-state index is 0.00225. The molecule has 1 aromatic carbocycles. The molecule has 0 N–H and O–H groups in total. The summed E-state index contributed by atoms with van der Waals surface area (Å²) in [6, 6.07) is 10.7. The molecule has 0 amide bonds. The van der Waals surface area contributed by atoms with Crippen LogP contribution in [0.15, 0.2) is 48.8 Å². The van der Waals surface area contributed by atoms with Crippen LogP contribution in [0.3, 0.4) is 0 Å². The van der Waals surface area contributed by atoms with E-state index in [1.165, 1.54) is 17.6 Å². The van der Waals surface area contributed by atoms with Gasteiger partial charge in [-0.25, -0.2) is 8.42 Å². The Kier molecular flexibility index (Phi) is 5.45. The van der Waals surface area contributed by atoms with Crippen molar-refractivity contribution in [1.82, 2.24) is 14.7 Å². The Bertz CT molecular complexity index is 903. The molecule has 1 aromatic heterocycles. The van der Waals surface area contributed by atoms with Gasteiger partial charge >= 0.3 is 0 Å². The summed E-state index contributed by atoms with van der Waals surface area (Å²) < 4.78 is 25.2. The van der Waals surface area contributed by atoms with Gasteiger partial charge in [0.05, 0.1) is 23.7 Å². The fourth-order valence-corrected chi connectivity index (χ4v) is 5.72. The molecular formula is C21H27N3O2S. The van der Waals surface area contributed by atoms with E-state index < -0.39 is 9.84 Å². The third-order valence-corrected chi connectivity index (χ3v) is 7.38. The molecule has 27 heavy (non-hydrogen) atoms. The van der Waals surface area contributed by atoms with Crippen molar-refractivity contribution in [3.05, 3.63) is 59.9 Å². The van der Waals surface area contributed by atoms with Gasteiger partial charge in [-0.1, -0.05) is 36.4 Å². The normalized spacial score (nSPS) is 22.7. The number of rotatable bonds is 6. The van der Waals surface area contributed by atoms with Crippen LogP contribution in [0.4, 0.5) is 0 Å². The number of aromatic nitrogens is 2. The van der Waals surface area contributed by atoms with E-state index in [1.807, 2.05) is 17.1 Å². The first kappa shape index (κ1) is 18.4. The van der Waals surface area contributed by atoms with Gasteiger partial charge in [0.25, 0.3) is 0 Å².